The van der Waals surface area contributed by atoms with Crippen molar-refractivity contribution in [2.45, 2.75) is 0 Å². The molecule has 0 unspecified atom stereocenters. The lowest BCUT2D eigenvalue weighted by molar-refractivity contribution is 0.112. The maximum absolute atomic E-state index is 12.9. The normalized spacial score (nSPS) is 13.0. The van der Waals surface area contributed by atoms with Gasteiger partial charge in [-0.3, -0.25) is 14.8 Å². The summed E-state index contributed by atoms with van der Waals surface area (Å²) in [6.45, 7) is 3.70. The summed E-state index contributed by atoms with van der Waals surface area (Å²) in [6.07, 6.45) is 10.3. The summed E-state index contributed by atoms with van der Waals surface area (Å²) in [5, 5.41) is 3.03. The first kappa shape index (κ1) is 23.7. The van der Waals surface area contributed by atoms with E-state index in [1.807, 2.05) is 43.8 Å². The summed E-state index contributed by atoms with van der Waals surface area (Å²) in [5.74, 6) is 1.43. The molecule has 5 rings (SSSR count). The zero-order valence-corrected chi connectivity index (χ0v) is 19.3. The fourth-order valence-corrected chi connectivity index (χ4v) is 3.49. The van der Waals surface area contributed by atoms with Crippen LogP contribution in [0, 0.1) is 5.82 Å². The van der Waals surface area contributed by atoms with Crippen LogP contribution in [0.2, 0.25) is 0 Å². The van der Waals surface area contributed by atoms with Gasteiger partial charge in [-0.2, -0.15) is 0 Å². The third-order valence-corrected chi connectivity index (χ3v) is 5.39. The quantitative estimate of drug-likeness (QED) is 0.438. The van der Waals surface area contributed by atoms with Crippen molar-refractivity contribution >= 4 is 23.7 Å². The lowest BCUT2D eigenvalue weighted by Crippen LogP contribution is -2.47. The first-order chi connectivity index (χ1) is 17.2. The minimum Gasteiger partial charge on any atom is -0.386 e. The lowest BCUT2D eigenvalue weighted by Gasteiger charge is -2.35. The molecule has 9 nitrogen and oxygen atoms in total. The van der Waals surface area contributed by atoms with E-state index in [2.05, 4.69) is 40.0 Å². The number of aldehydes is 1. The molecular formula is C25H25FN8O. The van der Waals surface area contributed by atoms with E-state index in [0.717, 1.165) is 49.8 Å². The maximum Gasteiger partial charge on any atom is 0.225 e. The number of piperazine rings is 1. The van der Waals surface area contributed by atoms with Crippen molar-refractivity contribution in [1.29, 1.82) is 0 Å². The van der Waals surface area contributed by atoms with Crippen LogP contribution in [-0.2, 0) is 0 Å². The van der Waals surface area contributed by atoms with Crippen LogP contribution in [0.15, 0.2) is 73.6 Å². The van der Waals surface area contributed by atoms with Crippen molar-refractivity contribution in [3.05, 3.63) is 85.0 Å². The number of halogens is 1. The number of carbonyl (C=O) groups is 1. The second kappa shape index (κ2) is 11.6. The monoisotopic (exact) mass is 472 g/mol. The minimum absolute atomic E-state index is 0.409. The number of aromatic nitrogens is 5. The van der Waals surface area contributed by atoms with Crippen LogP contribution in [0.25, 0.3) is 11.3 Å². The topological polar surface area (TPSA) is 100 Å². The highest BCUT2D eigenvalue weighted by Gasteiger charge is 2.19. The molecule has 1 fully saturated rings. The third kappa shape index (κ3) is 6.32. The molecule has 4 aromatic heterocycles. The third-order valence-electron chi connectivity index (χ3n) is 5.39. The average molecular weight is 473 g/mol. The number of nitrogens with one attached hydrogen (secondary N) is 1. The SMILES string of the molecule is CNc1cnc(N2CCN(c3ccccn3)CC2)nc1.O=Cc1ccc(-c2cncc(F)c2)nc1. The van der Waals surface area contributed by atoms with Crippen LogP contribution in [0.5, 0.6) is 0 Å². The van der Waals surface area contributed by atoms with Gasteiger partial charge in [0.15, 0.2) is 6.29 Å². The van der Waals surface area contributed by atoms with E-state index in [4.69, 9.17) is 0 Å². The van der Waals surface area contributed by atoms with Gasteiger partial charge < -0.3 is 15.1 Å². The molecule has 4 aromatic rings. The van der Waals surface area contributed by atoms with Crippen LogP contribution < -0.4 is 15.1 Å². The summed E-state index contributed by atoms with van der Waals surface area (Å²) < 4.78 is 12.9. The Kier molecular flexibility index (Phi) is 7.84. The fraction of sp³-hybridized carbons (Fsp3) is 0.200. The highest BCUT2D eigenvalue weighted by molar-refractivity contribution is 5.75. The van der Waals surface area contributed by atoms with Crippen molar-refractivity contribution in [3.63, 3.8) is 0 Å². The molecule has 0 bridgehead atoms. The van der Waals surface area contributed by atoms with E-state index < -0.39 is 5.82 Å². The molecule has 0 atom stereocenters. The Labute approximate surface area is 202 Å². The van der Waals surface area contributed by atoms with E-state index in [1.165, 1.54) is 18.5 Å². The van der Waals surface area contributed by atoms with Gasteiger partial charge in [0.25, 0.3) is 0 Å². The summed E-state index contributed by atoms with van der Waals surface area (Å²) in [6, 6.07) is 10.6. The number of nitrogens with zero attached hydrogens (tertiary/aromatic N) is 7. The van der Waals surface area contributed by atoms with Gasteiger partial charge in [0.1, 0.15) is 11.6 Å². The molecule has 1 saturated heterocycles. The molecule has 35 heavy (non-hydrogen) atoms. The summed E-state index contributed by atoms with van der Waals surface area (Å²) in [5.41, 5.74) is 2.60. The van der Waals surface area contributed by atoms with Gasteiger partial charge in [-0.1, -0.05) is 6.07 Å². The van der Waals surface area contributed by atoms with Gasteiger partial charge in [0, 0.05) is 62.9 Å². The number of rotatable bonds is 5. The largest absolute Gasteiger partial charge is 0.386 e. The van der Waals surface area contributed by atoms with Crippen LogP contribution in [0.1, 0.15) is 10.4 Å². The maximum atomic E-state index is 12.9. The smallest absolute Gasteiger partial charge is 0.225 e. The summed E-state index contributed by atoms with van der Waals surface area (Å²) >= 11 is 0. The van der Waals surface area contributed by atoms with Crippen LogP contribution in [0.4, 0.5) is 21.8 Å². The minimum atomic E-state index is -0.409. The Morgan fingerprint density at radius 1 is 0.886 bits per heavy atom. The molecule has 0 aromatic carbocycles. The van der Waals surface area contributed by atoms with Gasteiger partial charge >= 0.3 is 0 Å². The average Bonchev–Trinajstić information content (AvgIpc) is 2.94. The van der Waals surface area contributed by atoms with E-state index in [9.17, 15) is 9.18 Å². The second-order valence-electron chi connectivity index (χ2n) is 7.67. The Morgan fingerprint density at radius 3 is 2.26 bits per heavy atom. The van der Waals surface area contributed by atoms with E-state index in [0.29, 0.717) is 23.1 Å². The van der Waals surface area contributed by atoms with Crippen molar-refractivity contribution in [3.8, 4) is 11.3 Å². The van der Waals surface area contributed by atoms with Gasteiger partial charge in [0.2, 0.25) is 5.95 Å². The van der Waals surface area contributed by atoms with Crippen LogP contribution in [0.3, 0.4) is 0 Å². The van der Waals surface area contributed by atoms with E-state index >= 15 is 0 Å². The molecule has 10 heteroatoms. The van der Waals surface area contributed by atoms with Crippen molar-refractivity contribution in [2.24, 2.45) is 0 Å². The molecule has 0 spiro atoms. The first-order valence-electron chi connectivity index (χ1n) is 11.1. The predicted molar refractivity (Wildman–Crippen MR) is 133 cm³/mol. The molecule has 1 N–H and O–H groups in total. The molecule has 0 aliphatic carbocycles. The van der Waals surface area contributed by atoms with Crippen molar-refractivity contribution < 1.29 is 9.18 Å². The molecule has 1 aliphatic heterocycles. The highest BCUT2D eigenvalue weighted by Crippen LogP contribution is 2.17. The number of anilines is 3. The predicted octanol–water partition coefficient (Wildman–Crippen LogP) is 3.34. The Hall–Kier alpha value is -4.47. The van der Waals surface area contributed by atoms with E-state index in [-0.39, 0.29) is 0 Å². The first-order valence-corrected chi connectivity index (χ1v) is 11.1. The molecule has 5 heterocycles. The fourth-order valence-electron chi connectivity index (χ4n) is 3.49. The Bertz CT molecular complexity index is 1210. The lowest BCUT2D eigenvalue weighted by atomic mass is 10.2. The van der Waals surface area contributed by atoms with Crippen molar-refractivity contribution in [2.75, 3.05) is 48.3 Å². The number of hydrogen-bond acceptors (Lipinski definition) is 9. The number of pyridine rings is 3. The highest BCUT2D eigenvalue weighted by atomic mass is 19.1. The van der Waals surface area contributed by atoms with E-state index in [1.54, 1.807) is 12.1 Å². The number of hydrogen-bond donors (Lipinski definition) is 1. The van der Waals surface area contributed by atoms with Gasteiger partial charge in [-0.05, 0) is 30.3 Å². The van der Waals surface area contributed by atoms with Gasteiger partial charge in [-0.25, -0.2) is 19.3 Å². The Morgan fingerprint density at radius 2 is 1.66 bits per heavy atom. The molecule has 0 amide bonds. The van der Waals surface area contributed by atoms with Gasteiger partial charge in [-0.15, -0.1) is 0 Å². The van der Waals surface area contributed by atoms with Crippen LogP contribution >= 0.6 is 0 Å². The zero-order chi connectivity index (χ0) is 24.5. The molecule has 0 radical (unpaired) electrons. The molecule has 1 aliphatic rings. The summed E-state index contributed by atoms with van der Waals surface area (Å²) in [4.78, 5) is 35.8. The van der Waals surface area contributed by atoms with Gasteiger partial charge in [0.05, 0.1) is 30.0 Å². The summed E-state index contributed by atoms with van der Waals surface area (Å²) in [7, 11) is 1.87. The number of carbonyl (C=O) groups excluding carboxylic acids is 1. The molecular weight excluding hydrogens is 447 g/mol. The molecule has 0 saturated carbocycles. The van der Waals surface area contributed by atoms with Crippen LogP contribution in [-0.4, -0.2) is 64.4 Å². The van der Waals surface area contributed by atoms with Crippen molar-refractivity contribution in [1.82, 2.24) is 24.9 Å². The zero-order valence-electron chi connectivity index (χ0n) is 19.3. The Balaban J connectivity index is 0.000000172. The molecule has 178 valence electrons. The second-order valence-corrected chi connectivity index (χ2v) is 7.67. The standard InChI is InChI=1S/C14H18N6.C11H7FN2O/c1-15-12-10-17-14(18-11-12)20-8-6-19(7-9-20)13-4-2-3-5-16-13;12-10-3-9(5-13-6-10)11-2-1-8(7-15)4-14-11/h2-5,10-11,15H,6-9H2,1H3;1-7H.